The molecular formula is C22H24N4O4. The summed E-state index contributed by atoms with van der Waals surface area (Å²) < 4.78 is 13.0. The molecule has 1 aromatic heterocycles. The summed E-state index contributed by atoms with van der Waals surface area (Å²) in [5, 5.41) is 5.77. The Kier molecular flexibility index (Phi) is 5.83. The number of hydrogen-bond donors (Lipinski definition) is 2. The number of imidazole rings is 1. The van der Waals surface area contributed by atoms with Crippen LogP contribution in [0.1, 0.15) is 19.2 Å². The summed E-state index contributed by atoms with van der Waals surface area (Å²) in [5.74, 6) is 1.88. The normalized spacial score (nSPS) is 12.6. The molecule has 0 fully saturated rings. The molecular weight excluding hydrogens is 384 g/mol. The molecule has 0 radical (unpaired) electrons. The third-order valence-corrected chi connectivity index (χ3v) is 4.85. The Balaban J connectivity index is 1.50. The van der Waals surface area contributed by atoms with Crippen LogP contribution in [0.3, 0.4) is 0 Å². The van der Waals surface area contributed by atoms with Gasteiger partial charge in [0, 0.05) is 31.1 Å². The Labute approximate surface area is 174 Å². The van der Waals surface area contributed by atoms with E-state index < -0.39 is 0 Å². The summed E-state index contributed by atoms with van der Waals surface area (Å²) in [4.78, 5) is 28.9. The molecule has 2 heterocycles. The highest BCUT2D eigenvalue weighted by molar-refractivity contribution is 5.92. The molecule has 3 aromatic rings. The van der Waals surface area contributed by atoms with Gasteiger partial charge >= 0.3 is 0 Å². The van der Waals surface area contributed by atoms with E-state index >= 15 is 0 Å². The number of para-hydroxylation sites is 2. The molecule has 0 unspecified atom stereocenters. The first-order chi connectivity index (χ1) is 14.6. The van der Waals surface area contributed by atoms with Crippen LogP contribution >= 0.6 is 0 Å². The van der Waals surface area contributed by atoms with Crippen molar-refractivity contribution >= 4 is 28.5 Å². The zero-order chi connectivity index (χ0) is 20.9. The van der Waals surface area contributed by atoms with Crippen molar-refractivity contribution in [3.63, 3.8) is 0 Å². The first-order valence-corrected chi connectivity index (χ1v) is 10.0. The topological polar surface area (TPSA) is 94.5 Å². The third kappa shape index (κ3) is 4.37. The Morgan fingerprint density at radius 1 is 1.07 bits per heavy atom. The van der Waals surface area contributed by atoms with E-state index in [0.29, 0.717) is 49.8 Å². The van der Waals surface area contributed by atoms with E-state index in [4.69, 9.17) is 9.47 Å². The first kappa shape index (κ1) is 19.8. The number of benzene rings is 2. The third-order valence-electron chi connectivity index (χ3n) is 4.85. The highest BCUT2D eigenvalue weighted by atomic mass is 16.6. The summed E-state index contributed by atoms with van der Waals surface area (Å²) in [6.07, 6.45) is 0.978. The van der Waals surface area contributed by atoms with Crippen LogP contribution in [0.15, 0.2) is 42.5 Å². The van der Waals surface area contributed by atoms with Gasteiger partial charge in [-0.05, 0) is 24.3 Å². The lowest BCUT2D eigenvalue weighted by Gasteiger charge is -2.19. The molecule has 0 spiro atoms. The van der Waals surface area contributed by atoms with Crippen molar-refractivity contribution in [1.82, 2.24) is 14.9 Å². The van der Waals surface area contributed by atoms with E-state index in [9.17, 15) is 9.59 Å². The quantitative estimate of drug-likeness (QED) is 0.627. The van der Waals surface area contributed by atoms with Crippen LogP contribution in [0, 0.1) is 0 Å². The van der Waals surface area contributed by atoms with Gasteiger partial charge < -0.3 is 24.7 Å². The number of carbonyl (C=O) groups is 2. The highest BCUT2D eigenvalue weighted by Crippen LogP contribution is 2.32. The van der Waals surface area contributed by atoms with E-state index in [1.165, 1.54) is 0 Å². The molecule has 1 aliphatic heterocycles. The van der Waals surface area contributed by atoms with Gasteiger partial charge in [-0.25, -0.2) is 4.98 Å². The van der Waals surface area contributed by atoms with Crippen LogP contribution in [0.25, 0.3) is 11.0 Å². The molecule has 156 valence electrons. The lowest BCUT2D eigenvalue weighted by molar-refractivity contribution is -0.120. The molecule has 0 saturated heterocycles. The SMILES string of the molecule is CCC(=O)NCCc1nc2ccccc2n1CC(=O)Nc1ccc2c(c1)OCCO2. The number of nitrogens with one attached hydrogen (secondary N) is 2. The molecule has 0 aliphatic carbocycles. The molecule has 2 N–H and O–H groups in total. The van der Waals surface area contributed by atoms with Crippen LogP contribution < -0.4 is 20.1 Å². The zero-order valence-electron chi connectivity index (χ0n) is 16.8. The maximum atomic E-state index is 12.8. The molecule has 2 amide bonds. The average molecular weight is 408 g/mol. The standard InChI is InChI=1S/C22H24N4O4/c1-2-21(27)23-10-9-20-25-16-5-3-4-6-17(16)26(20)14-22(28)24-15-7-8-18-19(13-15)30-12-11-29-18/h3-8,13H,2,9-12,14H2,1H3,(H,23,27)(H,24,28). The number of rotatable bonds is 7. The summed E-state index contributed by atoms with van der Waals surface area (Å²) in [6.45, 7) is 3.41. The molecule has 1 aliphatic rings. The minimum absolute atomic E-state index is 0.00554. The number of fused-ring (bicyclic) bond motifs is 2. The number of nitrogens with zero attached hydrogens (tertiary/aromatic N) is 2. The van der Waals surface area contributed by atoms with Crippen LogP contribution in [-0.2, 0) is 22.6 Å². The van der Waals surface area contributed by atoms with E-state index in [0.717, 1.165) is 16.9 Å². The van der Waals surface area contributed by atoms with Crippen molar-refractivity contribution in [3.8, 4) is 11.5 Å². The predicted molar refractivity (Wildman–Crippen MR) is 113 cm³/mol. The maximum absolute atomic E-state index is 12.8. The number of ether oxygens (including phenoxy) is 2. The number of carbonyl (C=O) groups excluding carboxylic acids is 2. The summed E-state index contributed by atoms with van der Waals surface area (Å²) in [6, 6.07) is 13.0. The van der Waals surface area contributed by atoms with Crippen molar-refractivity contribution in [3.05, 3.63) is 48.3 Å². The molecule has 2 aromatic carbocycles. The Morgan fingerprint density at radius 3 is 2.70 bits per heavy atom. The van der Waals surface area contributed by atoms with Crippen molar-refractivity contribution in [2.45, 2.75) is 26.3 Å². The van der Waals surface area contributed by atoms with E-state index in [-0.39, 0.29) is 18.4 Å². The van der Waals surface area contributed by atoms with Gasteiger partial charge in [-0.15, -0.1) is 0 Å². The van der Waals surface area contributed by atoms with E-state index in [2.05, 4.69) is 15.6 Å². The second kappa shape index (κ2) is 8.86. The lowest BCUT2D eigenvalue weighted by atomic mass is 10.2. The summed E-state index contributed by atoms with van der Waals surface area (Å²) in [5.41, 5.74) is 2.35. The van der Waals surface area contributed by atoms with Crippen molar-refractivity contribution in [2.75, 3.05) is 25.1 Å². The molecule has 0 saturated carbocycles. The minimum Gasteiger partial charge on any atom is -0.486 e. The molecule has 4 rings (SSSR count). The van der Waals surface area contributed by atoms with E-state index in [1.54, 1.807) is 18.2 Å². The first-order valence-electron chi connectivity index (χ1n) is 10.0. The predicted octanol–water partition coefficient (Wildman–Crippen LogP) is 2.51. The van der Waals surface area contributed by atoms with Gasteiger partial charge in [0.05, 0.1) is 11.0 Å². The van der Waals surface area contributed by atoms with Crippen molar-refractivity contribution in [2.24, 2.45) is 0 Å². The number of aromatic nitrogens is 2. The summed E-state index contributed by atoms with van der Waals surface area (Å²) >= 11 is 0. The Hall–Kier alpha value is -3.55. The molecule has 0 bridgehead atoms. The number of amides is 2. The van der Waals surface area contributed by atoms with Gasteiger partial charge in [0.1, 0.15) is 25.6 Å². The molecule has 30 heavy (non-hydrogen) atoms. The minimum atomic E-state index is -0.173. The van der Waals surface area contributed by atoms with Crippen molar-refractivity contribution < 1.29 is 19.1 Å². The Bertz CT molecular complexity index is 1080. The van der Waals surface area contributed by atoms with Gasteiger partial charge in [-0.3, -0.25) is 9.59 Å². The van der Waals surface area contributed by atoms with Gasteiger partial charge in [-0.1, -0.05) is 19.1 Å². The Morgan fingerprint density at radius 2 is 1.87 bits per heavy atom. The fourth-order valence-electron chi connectivity index (χ4n) is 3.40. The number of anilines is 1. The molecule has 0 atom stereocenters. The highest BCUT2D eigenvalue weighted by Gasteiger charge is 2.16. The van der Waals surface area contributed by atoms with Crippen LogP contribution in [-0.4, -0.2) is 41.1 Å². The summed E-state index contributed by atoms with van der Waals surface area (Å²) in [7, 11) is 0. The van der Waals surface area contributed by atoms with E-state index in [1.807, 2.05) is 35.8 Å². The zero-order valence-corrected chi connectivity index (χ0v) is 16.8. The smallest absolute Gasteiger partial charge is 0.244 e. The van der Waals surface area contributed by atoms with Crippen LogP contribution in [0.4, 0.5) is 5.69 Å². The second-order valence-corrected chi connectivity index (χ2v) is 6.96. The van der Waals surface area contributed by atoms with Gasteiger partial charge in [-0.2, -0.15) is 0 Å². The van der Waals surface area contributed by atoms with Crippen LogP contribution in [0.2, 0.25) is 0 Å². The van der Waals surface area contributed by atoms with Gasteiger partial charge in [0.15, 0.2) is 11.5 Å². The van der Waals surface area contributed by atoms with Crippen molar-refractivity contribution in [1.29, 1.82) is 0 Å². The second-order valence-electron chi connectivity index (χ2n) is 6.96. The fourth-order valence-corrected chi connectivity index (χ4v) is 3.40. The fraction of sp³-hybridized carbons (Fsp3) is 0.318. The van der Waals surface area contributed by atoms with Crippen LogP contribution in [0.5, 0.6) is 11.5 Å². The maximum Gasteiger partial charge on any atom is 0.244 e. The van der Waals surface area contributed by atoms with Gasteiger partial charge in [0.2, 0.25) is 11.8 Å². The lowest BCUT2D eigenvalue weighted by Crippen LogP contribution is -2.26. The molecule has 8 nitrogen and oxygen atoms in total. The number of hydrogen-bond acceptors (Lipinski definition) is 5. The van der Waals surface area contributed by atoms with Gasteiger partial charge in [0.25, 0.3) is 0 Å². The molecule has 8 heteroatoms. The average Bonchev–Trinajstić information content (AvgIpc) is 3.10. The largest absolute Gasteiger partial charge is 0.486 e. The monoisotopic (exact) mass is 408 g/mol.